The lowest BCUT2D eigenvalue weighted by atomic mass is 10.1. The van der Waals surface area contributed by atoms with Crippen LogP contribution in [0.1, 0.15) is 0 Å². The molecular formula is C8H19N3O2. The first-order valence-electron chi connectivity index (χ1n) is 4.71. The van der Waals surface area contributed by atoms with Gasteiger partial charge in [-0.2, -0.15) is 0 Å². The van der Waals surface area contributed by atoms with Gasteiger partial charge in [0.15, 0.2) is 0 Å². The van der Waals surface area contributed by atoms with Crippen LogP contribution in [0.25, 0.3) is 0 Å². The highest BCUT2D eigenvalue weighted by atomic mass is 16.3. The largest absolute Gasteiger partial charge is 0.394 e. The summed E-state index contributed by atoms with van der Waals surface area (Å²) >= 11 is 0. The molecule has 0 aromatic carbocycles. The van der Waals surface area contributed by atoms with Crippen LogP contribution in [0, 0.1) is 0 Å². The van der Waals surface area contributed by atoms with Crippen molar-refractivity contribution >= 4 is 0 Å². The van der Waals surface area contributed by atoms with Crippen molar-refractivity contribution in [1.82, 2.24) is 10.2 Å². The van der Waals surface area contributed by atoms with Gasteiger partial charge in [-0.25, -0.2) is 0 Å². The zero-order chi connectivity index (χ0) is 9.68. The van der Waals surface area contributed by atoms with Crippen molar-refractivity contribution in [1.29, 1.82) is 0 Å². The molecule has 0 saturated carbocycles. The molecule has 0 aromatic heterocycles. The van der Waals surface area contributed by atoms with Crippen LogP contribution in [-0.4, -0.2) is 66.6 Å². The lowest BCUT2D eigenvalue weighted by Gasteiger charge is -2.36. The highest BCUT2D eigenvalue weighted by Gasteiger charge is 2.22. The number of piperazine rings is 1. The van der Waals surface area contributed by atoms with Crippen LogP contribution in [0.3, 0.4) is 0 Å². The number of nitrogens with zero attached hydrogens (tertiary/aromatic N) is 1. The van der Waals surface area contributed by atoms with E-state index in [2.05, 4.69) is 10.2 Å². The average molecular weight is 189 g/mol. The Balaban J connectivity index is 2.35. The molecule has 1 fully saturated rings. The fourth-order valence-corrected chi connectivity index (χ4v) is 1.60. The van der Waals surface area contributed by atoms with Crippen LogP contribution >= 0.6 is 0 Å². The molecule has 5 N–H and O–H groups in total. The van der Waals surface area contributed by atoms with Gasteiger partial charge in [0.25, 0.3) is 0 Å². The Morgan fingerprint density at radius 1 is 1.62 bits per heavy atom. The molecule has 2 unspecified atom stereocenters. The molecule has 1 rings (SSSR count). The number of aliphatic hydroxyl groups excluding tert-OH is 2. The van der Waals surface area contributed by atoms with Crippen molar-refractivity contribution < 1.29 is 10.2 Å². The zero-order valence-corrected chi connectivity index (χ0v) is 7.82. The van der Waals surface area contributed by atoms with Crippen molar-refractivity contribution in [3.05, 3.63) is 0 Å². The van der Waals surface area contributed by atoms with Gasteiger partial charge in [-0.15, -0.1) is 0 Å². The molecule has 0 aromatic rings. The van der Waals surface area contributed by atoms with Crippen molar-refractivity contribution in [2.24, 2.45) is 5.73 Å². The molecule has 1 aliphatic heterocycles. The van der Waals surface area contributed by atoms with Gasteiger partial charge >= 0.3 is 0 Å². The van der Waals surface area contributed by atoms with E-state index in [0.29, 0.717) is 13.1 Å². The number of rotatable bonds is 4. The predicted octanol–water partition coefficient (Wildman–Crippen LogP) is -2.43. The maximum Gasteiger partial charge on any atom is 0.0897 e. The summed E-state index contributed by atoms with van der Waals surface area (Å²) in [6, 6.07) is 0.287. The van der Waals surface area contributed by atoms with Crippen LogP contribution in [0.15, 0.2) is 0 Å². The Morgan fingerprint density at radius 3 is 3.00 bits per heavy atom. The fraction of sp³-hybridized carbons (Fsp3) is 1.00. The van der Waals surface area contributed by atoms with Gasteiger partial charge in [-0.1, -0.05) is 0 Å². The molecule has 2 atom stereocenters. The van der Waals surface area contributed by atoms with E-state index in [4.69, 9.17) is 10.8 Å². The minimum atomic E-state index is -0.646. The van der Waals surface area contributed by atoms with E-state index in [1.165, 1.54) is 0 Å². The lowest BCUT2D eigenvalue weighted by molar-refractivity contribution is 0.0388. The Morgan fingerprint density at radius 2 is 2.38 bits per heavy atom. The van der Waals surface area contributed by atoms with E-state index in [1.54, 1.807) is 0 Å². The number of aliphatic hydroxyl groups is 2. The molecule has 0 spiro atoms. The molecule has 1 saturated heterocycles. The second kappa shape index (κ2) is 5.51. The molecule has 0 radical (unpaired) electrons. The summed E-state index contributed by atoms with van der Waals surface area (Å²) in [6.07, 6.45) is -0.646. The highest BCUT2D eigenvalue weighted by molar-refractivity contribution is 4.81. The first-order valence-corrected chi connectivity index (χ1v) is 4.71. The van der Waals surface area contributed by atoms with Gasteiger partial charge in [-0.05, 0) is 0 Å². The minimum absolute atomic E-state index is 0.179. The molecule has 0 aliphatic carbocycles. The monoisotopic (exact) mass is 189 g/mol. The Labute approximate surface area is 78.5 Å². The van der Waals surface area contributed by atoms with E-state index in [0.717, 1.165) is 19.6 Å². The van der Waals surface area contributed by atoms with Crippen LogP contribution in [-0.2, 0) is 0 Å². The Bertz CT molecular complexity index is 145. The van der Waals surface area contributed by atoms with Crippen LogP contribution in [0.4, 0.5) is 0 Å². The molecule has 0 amide bonds. The number of hydrogen-bond acceptors (Lipinski definition) is 5. The van der Waals surface area contributed by atoms with E-state index in [-0.39, 0.29) is 12.6 Å². The van der Waals surface area contributed by atoms with E-state index in [1.807, 2.05) is 0 Å². The molecule has 78 valence electrons. The summed E-state index contributed by atoms with van der Waals surface area (Å²) in [6.45, 7) is 3.61. The normalized spacial score (nSPS) is 27.5. The quantitative estimate of drug-likeness (QED) is 0.395. The van der Waals surface area contributed by atoms with Gasteiger partial charge in [0, 0.05) is 38.8 Å². The highest BCUT2D eigenvalue weighted by Crippen LogP contribution is 2.02. The second-order valence-corrected chi connectivity index (χ2v) is 3.42. The molecule has 5 nitrogen and oxygen atoms in total. The maximum atomic E-state index is 9.27. The second-order valence-electron chi connectivity index (χ2n) is 3.42. The number of hydrogen-bond donors (Lipinski definition) is 4. The first kappa shape index (κ1) is 10.9. The average Bonchev–Trinajstić information content (AvgIpc) is 2.18. The van der Waals surface area contributed by atoms with Gasteiger partial charge in [-0.3, -0.25) is 4.90 Å². The van der Waals surface area contributed by atoms with Crippen molar-refractivity contribution in [2.75, 3.05) is 39.3 Å². The van der Waals surface area contributed by atoms with Gasteiger partial charge < -0.3 is 21.3 Å². The van der Waals surface area contributed by atoms with Crippen LogP contribution in [0.5, 0.6) is 0 Å². The molecule has 5 heteroatoms. The summed E-state index contributed by atoms with van der Waals surface area (Å²) in [4.78, 5) is 2.12. The van der Waals surface area contributed by atoms with Crippen molar-refractivity contribution in [2.45, 2.75) is 12.1 Å². The molecule has 13 heavy (non-hydrogen) atoms. The maximum absolute atomic E-state index is 9.27. The smallest absolute Gasteiger partial charge is 0.0897 e. The van der Waals surface area contributed by atoms with Crippen molar-refractivity contribution in [3.8, 4) is 0 Å². The predicted molar refractivity (Wildman–Crippen MR) is 50.4 cm³/mol. The first-order chi connectivity index (χ1) is 6.27. The third-order valence-corrected chi connectivity index (χ3v) is 2.40. The SMILES string of the molecule is NCC1CNCCN1CC(O)CO. The number of β-amino-alcohol motifs (C(OH)–C–C–N with tert-alkyl or cyclic N) is 1. The van der Waals surface area contributed by atoms with E-state index >= 15 is 0 Å². The third-order valence-electron chi connectivity index (χ3n) is 2.40. The Hall–Kier alpha value is -0.200. The molecule has 1 aliphatic rings. The topological polar surface area (TPSA) is 81.8 Å². The van der Waals surface area contributed by atoms with Gasteiger partial charge in [0.1, 0.15) is 0 Å². The fourth-order valence-electron chi connectivity index (χ4n) is 1.60. The summed E-state index contributed by atoms with van der Waals surface area (Å²) in [7, 11) is 0. The zero-order valence-electron chi connectivity index (χ0n) is 7.82. The minimum Gasteiger partial charge on any atom is -0.394 e. The molecule has 0 bridgehead atoms. The third kappa shape index (κ3) is 3.21. The Kier molecular flexibility index (Phi) is 4.61. The summed E-state index contributed by atoms with van der Waals surface area (Å²) < 4.78 is 0. The van der Waals surface area contributed by atoms with Crippen LogP contribution in [0.2, 0.25) is 0 Å². The molecule has 1 heterocycles. The standard InChI is InChI=1S/C8H19N3O2/c9-3-7-4-10-1-2-11(7)5-8(13)6-12/h7-8,10,12-13H,1-6,9H2. The summed E-state index contributed by atoms with van der Waals surface area (Å²) in [5, 5.41) is 21.2. The van der Waals surface area contributed by atoms with Crippen LogP contribution < -0.4 is 11.1 Å². The van der Waals surface area contributed by atoms with E-state index < -0.39 is 6.10 Å². The number of nitrogens with one attached hydrogen (secondary N) is 1. The summed E-state index contributed by atoms with van der Waals surface area (Å²) in [5.74, 6) is 0. The van der Waals surface area contributed by atoms with E-state index in [9.17, 15) is 5.11 Å². The van der Waals surface area contributed by atoms with Gasteiger partial charge in [0.05, 0.1) is 12.7 Å². The van der Waals surface area contributed by atoms with Crippen molar-refractivity contribution in [3.63, 3.8) is 0 Å². The molecular weight excluding hydrogens is 170 g/mol. The summed E-state index contributed by atoms with van der Waals surface area (Å²) in [5.41, 5.74) is 5.59. The lowest BCUT2D eigenvalue weighted by Crippen LogP contribution is -2.56. The number of nitrogens with two attached hydrogens (primary N) is 1. The van der Waals surface area contributed by atoms with Gasteiger partial charge in [0.2, 0.25) is 0 Å².